The number of nitrogens with zero attached hydrogens (tertiary/aromatic N) is 1. The lowest BCUT2D eigenvalue weighted by Gasteiger charge is -2.07. The first-order valence-electron chi connectivity index (χ1n) is 5.05. The molecule has 1 N–H and O–H groups in total. The number of carbonyl (C=O) groups excluding carboxylic acids is 1. The zero-order valence-electron chi connectivity index (χ0n) is 9.25. The number of nitrogens with one attached hydrogen (secondary N) is 1. The van der Waals surface area contributed by atoms with E-state index in [-0.39, 0.29) is 5.69 Å². The molecule has 98 valence electrons. The fraction of sp³-hybridized carbons (Fsp3) is 0. The normalized spacial score (nSPS) is 10.3. The van der Waals surface area contributed by atoms with Gasteiger partial charge in [-0.15, -0.1) is 0 Å². The summed E-state index contributed by atoms with van der Waals surface area (Å²) in [5.41, 5.74) is -0.692. The first-order chi connectivity index (χ1) is 8.99. The Bertz CT molecular complexity index is 649. The summed E-state index contributed by atoms with van der Waals surface area (Å²) in [6, 6.07) is 4.88. The summed E-state index contributed by atoms with van der Waals surface area (Å²) < 4.78 is 40.2. The smallest absolute Gasteiger partial charge is 0.258 e. The molecule has 0 aliphatic heterocycles. The third kappa shape index (κ3) is 2.93. The Morgan fingerprint density at radius 2 is 1.95 bits per heavy atom. The van der Waals surface area contributed by atoms with Crippen LogP contribution < -0.4 is 5.32 Å². The summed E-state index contributed by atoms with van der Waals surface area (Å²) in [6.45, 7) is 0. The molecule has 19 heavy (non-hydrogen) atoms. The molecule has 3 nitrogen and oxygen atoms in total. The quantitative estimate of drug-likeness (QED) is 0.856. The predicted octanol–water partition coefficient (Wildman–Crippen LogP) is 3.51. The van der Waals surface area contributed by atoms with Crippen LogP contribution in [0.4, 0.5) is 18.9 Å². The molecule has 1 heterocycles. The summed E-state index contributed by atoms with van der Waals surface area (Å²) >= 11 is 3.11. The molecule has 0 fully saturated rings. The molecule has 0 saturated heterocycles. The summed E-state index contributed by atoms with van der Waals surface area (Å²) in [6.07, 6.45) is 0.949. The molecule has 0 aliphatic rings. The number of anilines is 1. The monoisotopic (exact) mass is 330 g/mol. The van der Waals surface area contributed by atoms with Gasteiger partial charge in [-0.05, 0) is 24.3 Å². The van der Waals surface area contributed by atoms with Gasteiger partial charge in [0.1, 0.15) is 5.82 Å². The zero-order valence-corrected chi connectivity index (χ0v) is 10.8. The zero-order chi connectivity index (χ0) is 14.0. The lowest BCUT2D eigenvalue weighted by atomic mass is 10.2. The number of carbonyl (C=O) groups is 1. The second kappa shape index (κ2) is 5.40. The van der Waals surface area contributed by atoms with E-state index in [0.717, 1.165) is 18.3 Å². The number of amides is 1. The van der Waals surface area contributed by atoms with E-state index in [2.05, 4.69) is 26.2 Å². The SMILES string of the molecule is O=C(Nc1cc(Br)ccc1F)c1ccnc(F)c1F. The van der Waals surface area contributed by atoms with Gasteiger partial charge in [0, 0.05) is 10.7 Å². The number of aromatic nitrogens is 1. The van der Waals surface area contributed by atoms with E-state index in [1.165, 1.54) is 12.1 Å². The minimum atomic E-state index is -1.39. The van der Waals surface area contributed by atoms with Crippen molar-refractivity contribution in [3.05, 3.63) is 58.1 Å². The van der Waals surface area contributed by atoms with Crippen LogP contribution in [-0.4, -0.2) is 10.9 Å². The van der Waals surface area contributed by atoms with Crippen molar-refractivity contribution < 1.29 is 18.0 Å². The average molecular weight is 331 g/mol. The van der Waals surface area contributed by atoms with Crippen LogP contribution in [0.15, 0.2) is 34.9 Å². The number of rotatable bonds is 2. The maximum atomic E-state index is 13.4. The predicted molar refractivity (Wildman–Crippen MR) is 66.2 cm³/mol. The highest BCUT2D eigenvalue weighted by Crippen LogP contribution is 2.21. The van der Waals surface area contributed by atoms with Crippen molar-refractivity contribution in [2.45, 2.75) is 0 Å². The van der Waals surface area contributed by atoms with Gasteiger partial charge in [-0.25, -0.2) is 13.8 Å². The van der Waals surface area contributed by atoms with Gasteiger partial charge < -0.3 is 5.32 Å². The molecule has 0 aliphatic carbocycles. The van der Waals surface area contributed by atoms with Crippen LogP contribution in [0.2, 0.25) is 0 Å². The highest BCUT2D eigenvalue weighted by atomic mass is 79.9. The van der Waals surface area contributed by atoms with Crippen molar-refractivity contribution in [2.24, 2.45) is 0 Å². The molecule has 0 bridgehead atoms. The van der Waals surface area contributed by atoms with Gasteiger partial charge in [0.25, 0.3) is 5.91 Å². The first-order valence-corrected chi connectivity index (χ1v) is 5.84. The van der Waals surface area contributed by atoms with Crippen LogP contribution in [0, 0.1) is 17.6 Å². The highest BCUT2D eigenvalue weighted by molar-refractivity contribution is 9.10. The van der Waals surface area contributed by atoms with Gasteiger partial charge in [-0.2, -0.15) is 4.39 Å². The van der Waals surface area contributed by atoms with E-state index in [1.54, 1.807) is 0 Å². The Kier molecular flexibility index (Phi) is 3.84. The molecular formula is C12H6BrF3N2O. The van der Waals surface area contributed by atoms with Crippen molar-refractivity contribution in [3.8, 4) is 0 Å². The number of hydrogen-bond acceptors (Lipinski definition) is 2. The van der Waals surface area contributed by atoms with Crippen LogP contribution in [0.5, 0.6) is 0 Å². The molecule has 1 aromatic carbocycles. The van der Waals surface area contributed by atoms with Crippen LogP contribution in [0.1, 0.15) is 10.4 Å². The van der Waals surface area contributed by atoms with Gasteiger partial charge in [-0.3, -0.25) is 4.79 Å². The van der Waals surface area contributed by atoms with Crippen molar-refractivity contribution in [1.29, 1.82) is 0 Å². The van der Waals surface area contributed by atoms with E-state index in [1.807, 2.05) is 0 Å². The van der Waals surface area contributed by atoms with Crippen molar-refractivity contribution in [2.75, 3.05) is 5.32 Å². The molecule has 0 atom stereocenters. The molecule has 0 unspecified atom stereocenters. The van der Waals surface area contributed by atoms with Crippen molar-refractivity contribution in [1.82, 2.24) is 4.98 Å². The summed E-state index contributed by atoms with van der Waals surface area (Å²) in [4.78, 5) is 14.8. The lowest BCUT2D eigenvalue weighted by Crippen LogP contribution is -2.16. The topological polar surface area (TPSA) is 42.0 Å². The van der Waals surface area contributed by atoms with Crippen LogP contribution in [0.25, 0.3) is 0 Å². The molecule has 0 spiro atoms. The molecule has 2 rings (SSSR count). The maximum absolute atomic E-state index is 13.4. The maximum Gasteiger partial charge on any atom is 0.258 e. The van der Waals surface area contributed by atoms with E-state index in [0.29, 0.717) is 4.47 Å². The highest BCUT2D eigenvalue weighted by Gasteiger charge is 2.17. The molecule has 0 saturated carbocycles. The van der Waals surface area contributed by atoms with Gasteiger partial charge in [0.2, 0.25) is 5.95 Å². The third-order valence-electron chi connectivity index (χ3n) is 2.27. The fourth-order valence-electron chi connectivity index (χ4n) is 1.38. The van der Waals surface area contributed by atoms with Gasteiger partial charge in [0.15, 0.2) is 5.82 Å². The van der Waals surface area contributed by atoms with Crippen molar-refractivity contribution >= 4 is 27.5 Å². The average Bonchev–Trinajstić information content (AvgIpc) is 2.37. The Labute approximate surface area is 114 Å². The molecule has 2 aromatic rings. The number of benzene rings is 1. The standard InChI is InChI=1S/C12H6BrF3N2O/c13-6-1-2-8(14)9(5-6)18-12(19)7-3-4-17-11(16)10(7)15/h1-5H,(H,18,19). The van der Waals surface area contributed by atoms with E-state index >= 15 is 0 Å². The van der Waals surface area contributed by atoms with E-state index < -0.39 is 29.1 Å². The van der Waals surface area contributed by atoms with Gasteiger partial charge >= 0.3 is 0 Å². The Hall–Kier alpha value is -1.89. The van der Waals surface area contributed by atoms with Gasteiger partial charge in [0.05, 0.1) is 11.3 Å². The molecule has 0 radical (unpaired) electrons. The van der Waals surface area contributed by atoms with Gasteiger partial charge in [-0.1, -0.05) is 15.9 Å². The Morgan fingerprint density at radius 1 is 1.21 bits per heavy atom. The van der Waals surface area contributed by atoms with Crippen molar-refractivity contribution in [3.63, 3.8) is 0 Å². The van der Waals surface area contributed by atoms with E-state index in [9.17, 15) is 18.0 Å². The lowest BCUT2D eigenvalue weighted by molar-refractivity contribution is 0.102. The Morgan fingerprint density at radius 3 is 2.68 bits per heavy atom. The van der Waals surface area contributed by atoms with Crippen LogP contribution in [-0.2, 0) is 0 Å². The molecule has 1 aromatic heterocycles. The minimum Gasteiger partial charge on any atom is -0.319 e. The molecule has 1 amide bonds. The number of halogens is 4. The second-order valence-corrected chi connectivity index (χ2v) is 4.46. The number of hydrogen-bond donors (Lipinski definition) is 1. The minimum absolute atomic E-state index is 0.143. The fourth-order valence-corrected chi connectivity index (χ4v) is 1.74. The Balaban J connectivity index is 2.31. The summed E-state index contributed by atoms with van der Waals surface area (Å²) in [5.74, 6) is -4.42. The van der Waals surface area contributed by atoms with E-state index in [4.69, 9.17) is 0 Å². The van der Waals surface area contributed by atoms with Crippen LogP contribution >= 0.6 is 15.9 Å². The summed E-state index contributed by atoms with van der Waals surface area (Å²) in [7, 11) is 0. The third-order valence-corrected chi connectivity index (χ3v) is 2.76. The molecular weight excluding hydrogens is 325 g/mol. The second-order valence-electron chi connectivity index (χ2n) is 3.54. The number of pyridine rings is 1. The largest absolute Gasteiger partial charge is 0.319 e. The summed E-state index contributed by atoms with van der Waals surface area (Å²) in [5, 5.41) is 2.16. The first kappa shape index (κ1) is 13.5. The molecule has 7 heteroatoms. The van der Waals surface area contributed by atoms with Crippen LogP contribution in [0.3, 0.4) is 0 Å².